The maximum Gasteiger partial charge on any atom is 0.217 e. The highest BCUT2D eigenvalue weighted by Crippen LogP contribution is 2.41. The van der Waals surface area contributed by atoms with Crippen molar-refractivity contribution in [1.29, 1.82) is 0 Å². The Hall–Kier alpha value is -0.530. The van der Waals surface area contributed by atoms with Crippen molar-refractivity contribution < 1.29 is 4.79 Å². The van der Waals surface area contributed by atoms with E-state index in [0.29, 0.717) is 6.04 Å². The van der Waals surface area contributed by atoms with Gasteiger partial charge in [-0.2, -0.15) is 0 Å². The first kappa shape index (κ1) is 9.04. The van der Waals surface area contributed by atoms with Crippen molar-refractivity contribution in [3.63, 3.8) is 0 Å². The van der Waals surface area contributed by atoms with Crippen molar-refractivity contribution in [1.82, 2.24) is 5.32 Å². The van der Waals surface area contributed by atoms with Gasteiger partial charge in [-0.3, -0.25) is 4.79 Å². The Kier molecular flexibility index (Phi) is 2.56. The Morgan fingerprint density at radius 1 is 1.15 bits per heavy atom. The lowest BCUT2D eigenvalue weighted by Gasteiger charge is -2.32. The smallest absolute Gasteiger partial charge is 0.217 e. The maximum absolute atomic E-state index is 10.9. The molecule has 2 aliphatic rings. The van der Waals surface area contributed by atoms with Crippen LogP contribution >= 0.6 is 0 Å². The molecule has 0 saturated heterocycles. The van der Waals surface area contributed by atoms with E-state index in [2.05, 4.69) is 5.32 Å². The van der Waals surface area contributed by atoms with Crippen molar-refractivity contribution in [3.8, 4) is 0 Å². The number of carbonyl (C=O) groups is 1. The molecule has 2 fully saturated rings. The molecule has 1 amide bonds. The molecule has 0 radical (unpaired) electrons. The Morgan fingerprint density at radius 2 is 1.92 bits per heavy atom. The van der Waals surface area contributed by atoms with Gasteiger partial charge >= 0.3 is 0 Å². The minimum absolute atomic E-state index is 0.140. The highest BCUT2D eigenvalue weighted by atomic mass is 16.1. The van der Waals surface area contributed by atoms with E-state index in [1.807, 2.05) is 0 Å². The van der Waals surface area contributed by atoms with Gasteiger partial charge in [-0.25, -0.2) is 0 Å². The molecule has 3 atom stereocenters. The number of hydrogen-bond donors (Lipinski definition) is 1. The molecule has 2 rings (SSSR count). The molecule has 2 nitrogen and oxygen atoms in total. The summed E-state index contributed by atoms with van der Waals surface area (Å²) in [5.74, 6) is 2.05. The van der Waals surface area contributed by atoms with E-state index < -0.39 is 0 Å². The van der Waals surface area contributed by atoms with Crippen LogP contribution in [0.1, 0.15) is 45.4 Å². The number of rotatable bonds is 1. The van der Waals surface area contributed by atoms with Gasteiger partial charge in [0.1, 0.15) is 0 Å². The first-order valence-corrected chi connectivity index (χ1v) is 5.53. The molecule has 74 valence electrons. The average Bonchev–Trinajstić information content (AvgIpc) is 2.49. The second-order valence-electron chi connectivity index (χ2n) is 4.66. The SMILES string of the molecule is CC(=O)N[C@H]1CC[C@H]2CCC[C@H]2C1. The zero-order valence-corrected chi connectivity index (χ0v) is 8.38. The molecule has 2 aliphatic carbocycles. The van der Waals surface area contributed by atoms with E-state index in [1.54, 1.807) is 6.92 Å². The van der Waals surface area contributed by atoms with E-state index in [0.717, 1.165) is 11.8 Å². The third-order valence-electron chi connectivity index (χ3n) is 3.70. The summed E-state index contributed by atoms with van der Waals surface area (Å²) in [7, 11) is 0. The van der Waals surface area contributed by atoms with Crippen LogP contribution in [0.25, 0.3) is 0 Å². The summed E-state index contributed by atoms with van der Waals surface area (Å²) < 4.78 is 0. The van der Waals surface area contributed by atoms with E-state index in [1.165, 1.54) is 38.5 Å². The minimum Gasteiger partial charge on any atom is -0.354 e. The largest absolute Gasteiger partial charge is 0.354 e. The predicted octanol–water partition coefficient (Wildman–Crippen LogP) is 2.09. The number of nitrogens with one attached hydrogen (secondary N) is 1. The van der Waals surface area contributed by atoms with Crippen LogP contribution in [0, 0.1) is 11.8 Å². The molecule has 0 aromatic rings. The molecule has 0 bridgehead atoms. The van der Waals surface area contributed by atoms with Crippen LogP contribution in [0.3, 0.4) is 0 Å². The normalized spacial score (nSPS) is 38.4. The topological polar surface area (TPSA) is 29.1 Å². The molecule has 0 spiro atoms. The second-order valence-corrected chi connectivity index (χ2v) is 4.66. The van der Waals surface area contributed by atoms with Crippen molar-refractivity contribution in [2.45, 2.75) is 51.5 Å². The fourth-order valence-corrected chi connectivity index (χ4v) is 3.12. The highest BCUT2D eigenvalue weighted by Gasteiger charge is 2.33. The molecule has 0 aromatic heterocycles. The van der Waals surface area contributed by atoms with Gasteiger partial charge in [-0.1, -0.05) is 19.3 Å². The average molecular weight is 181 g/mol. The van der Waals surface area contributed by atoms with Gasteiger partial charge < -0.3 is 5.32 Å². The van der Waals surface area contributed by atoms with Crippen molar-refractivity contribution in [2.24, 2.45) is 11.8 Å². The highest BCUT2D eigenvalue weighted by molar-refractivity contribution is 5.73. The summed E-state index contributed by atoms with van der Waals surface area (Å²) in [6.45, 7) is 1.63. The number of fused-ring (bicyclic) bond motifs is 1. The lowest BCUT2D eigenvalue weighted by atomic mass is 9.79. The summed E-state index contributed by atoms with van der Waals surface area (Å²) in [4.78, 5) is 10.9. The molecule has 0 aromatic carbocycles. The van der Waals surface area contributed by atoms with Crippen molar-refractivity contribution >= 4 is 5.91 Å². The summed E-state index contributed by atoms with van der Waals surface area (Å²) in [6, 6.07) is 0.483. The molecule has 1 N–H and O–H groups in total. The molecule has 13 heavy (non-hydrogen) atoms. The predicted molar refractivity (Wildman–Crippen MR) is 52.3 cm³/mol. The van der Waals surface area contributed by atoms with Crippen LogP contribution in [0.15, 0.2) is 0 Å². The lowest BCUT2D eigenvalue weighted by Crippen LogP contribution is -2.38. The quantitative estimate of drug-likeness (QED) is 0.659. The Labute approximate surface area is 80.1 Å². The monoisotopic (exact) mass is 181 g/mol. The molecule has 2 heteroatoms. The van der Waals surface area contributed by atoms with Crippen LogP contribution in [0.2, 0.25) is 0 Å². The van der Waals surface area contributed by atoms with Gasteiger partial charge in [0.15, 0.2) is 0 Å². The fourth-order valence-electron chi connectivity index (χ4n) is 3.12. The van der Waals surface area contributed by atoms with Gasteiger partial charge in [-0.05, 0) is 31.1 Å². The first-order valence-electron chi connectivity index (χ1n) is 5.53. The van der Waals surface area contributed by atoms with Crippen molar-refractivity contribution in [2.75, 3.05) is 0 Å². The van der Waals surface area contributed by atoms with Gasteiger partial charge in [0.05, 0.1) is 0 Å². The summed E-state index contributed by atoms with van der Waals surface area (Å²) >= 11 is 0. The van der Waals surface area contributed by atoms with E-state index in [-0.39, 0.29) is 5.91 Å². The Morgan fingerprint density at radius 3 is 2.69 bits per heavy atom. The van der Waals surface area contributed by atoms with Gasteiger partial charge in [-0.15, -0.1) is 0 Å². The zero-order valence-electron chi connectivity index (χ0n) is 8.38. The Balaban J connectivity index is 1.86. The molecular formula is C11H19NO. The number of carbonyl (C=O) groups excluding carboxylic acids is 1. The van der Waals surface area contributed by atoms with Gasteiger partial charge in [0.25, 0.3) is 0 Å². The van der Waals surface area contributed by atoms with Crippen LogP contribution in [-0.2, 0) is 4.79 Å². The van der Waals surface area contributed by atoms with Crippen LogP contribution < -0.4 is 5.32 Å². The molecule has 0 heterocycles. The first-order chi connectivity index (χ1) is 6.25. The summed E-state index contributed by atoms with van der Waals surface area (Å²) in [5.41, 5.74) is 0. The minimum atomic E-state index is 0.140. The molecule has 0 aliphatic heterocycles. The van der Waals surface area contributed by atoms with Crippen LogP contribution in [0.4, 0.5) is 0 Å². The lowest BCUT2D eigenvalue weighted by molar-refractivity contribution is -0.120. The van der Waals surface area contributed by atoms with Crippen molar-refractivity contribution in [3.05, 3.63) is 0 Å². The van der Waals surface area contributed by atoms with E-state index >= 15 is 0 Å². The second kappa shape index (κ2) is 3.69. The summed E-state index contributed by atoms with van der Waals surface area (Å²) in [6.07, 6.45) is 8.06. The van der Waals surface area contributed by atoms with E-state index in [9.17, 15) is 4.79 Å². The van der Waals surface area contributed by atoms with Crippen LogP contribution in [0.5, 0.6) is 0 Å². The van der Waals surface area contributed by atoms with Gasteiger partial charge in [0, 0.05) is 13.0 Å². The third-order valence-corrected chi connectivity index (χ3v) is 3.70. The maximum atomic E-state index is 10.9. The number of hydrogen-bond acceptors (Lipinski definition) is 1. The number of amides is 1. The fraction of sp³-hybridized carbons (Fsp3) is 0.909. The third kappa shape index (κ3) is 2.04. The standard InChI is InChI=1S/C11H19NO/c1-8(13)12-11-6-5-9-3-2-4-10(9)7-11/h9-11H,2-7H2,1H3,(H,12,13)/t9-,10+,11+/m1/s1. The Bertz CT molecular complexity index is 202. The van der Waals surface area contributed by atoms with Gasteiger partial charge in [0.2, 0.25) is 5.91 Å². The summed E-state index contributed by atoms with van der Waals surface area (Å²) in [5, 5.41) is 3.06. The van der Waals surface area contributed by atoms with E-state index in [4.69, 9.17) is 0 Å². The van der Waals surface area contributed by atoms with Crippen LogP contribution in [-0.4, -0.2) is 11.9 Å². The molecule has 2 saturated carbocycles. The molecular weight excluding hydrogens is 162 g/mol. The zero-order chi connectivity index (χ0) is 9.26. The molecule has 0 unspecified atom stereocenters.